The molecule has 4 aromatic carbocycles. The molecule has 154 valence electrons. The highest BCUT2D eigenvalue weighted by Gasteiger charge is 2.29. The number of rotatable bonds is 7. The van der Waals surface area contributed by atoms with Crippen LogP contribution in [-0.2, 0) is 0 Å². The first-order chi connectivity index (χ1) is 14.5. The number of hydrogen-bond acceptors (Lipinski definition) is 4. The van der Waals surface area contributed by atoms with Gasteiger partial charge < -0.3 is 18.3 Å². The molecule has 0 N–H and O–H groups in total. The summed E-state index contributed by atoms with van der Waals surface area (Å²) in [5.41, 5.74) is 0. The van der Waals surface area contributed by atoms with Crippen molar-refractivity contribution >= 4 is 30.1 Å². The van der Waals surface area contributed by atoms with Gasteiger partial charge in [-0.05, 0) is 77.0 Å². The lowest BCUT2D eigenvalue weighted by molar-refractivity contribution is 0.340. The summed E-state index contributed by atoms with van der Waals surface area (Å²) in [5.74, 6) is 3.35. The van der Waals surface area contributed by atoms with Gasteiger partial charge in [-0.1, -0.05) is 24.3 Å². The Balaban J connectivity index is 1.52. The highest BCUT2D eigenvalue weighted by Crippen LogP contribution is 2.29. The molecule has 5 heteroatoms. The van der Waals surface area contributed by atoms with E-state index >= 15 is 0 Å². The van der Waals surface area contributed by atoms with Gasteiger partial charge in [0.05, 0.1) is 13.7 Å². The molecule has 0 aliphatic carbocycles. The van der Waals surface area contributed by atoms with Crippen LogP contribution in [-0.4, -0.2) is 22.3 Å². The third-order valence-corrected chi connectivity index (χ3v) is 6.29. The molecular formula is C25H26O4Si. The van der Waals surface area contributed by atoms with Crippen LogP contribution < -0.4 is 18.3 Å². The first-order valence-electron chi connectivity index (χ1n) is 10.1. The predicted molar refractivity (Wildman–Crippen MR) is 124 cm³/mol. The van der Waals surface area contributed by atoms with E-state index in [1.54, 1.807) is 7.11 Å². The Hall–Kier alpha value is -3.18. The van der Waals surface area contributed by atoms with Crippen LogP contribution >= 0.6 is 0 Å². The minimum atomic E-state index is -2.45. The lowest BCUT2D eigenvalue weighted by atomic mass is 10.1. The van der Waals surface area contributed by atoms with Crippen molar-refractivity contribution in [1.82, 2.24) is 0 Å². The van der Waals surface area contributed by atoms with Gasteiger partial charge in [-0.3, -0.25) is 0 Å². The number of fused-ring (bicyclic) bond motifs is 2. The second-order valence-electron chi connectivity index (χ2n) is 7.58. The van der Waals surface area contributed by atoms with Gasteiger partial charge in [0.1, 0.15) is 23.0 Å². The van der Waals surface area contributed by atoms with Crippen LogP contribution in [0.1, 0.15) is 6.92 Å². The molecule has 0 heterocycles. The Morgan fingerprint density at radius 1 is 0.600 bits per heavy atom. The van der Waals surface area contributed by atoms with Crippen LogP contribution in [0.3, 0.4) is 0 Å². The lowest BCUT2D eigenvalue weighted by Crippen LogP contribution is -2.41. The summed E-state index contributed by atoms with van der Waals surface area (Å²) in [6, 6.07) is 24.3. The number of hydrogen-bond donors (Lipinski definition) is 0. The van der Waals surface area contributed by atoms with Crippen molar-refractivity contribution in [2.75, 3.05) is 13.7 Å². The Bertz CT molecular complexity index is 1190. The fourth-order valence-corrected chi connectivity index (χ4v) is 4.93. The molecule has 0 radical (unpaired) electrons. The van der Waals surface area contributed by atoms with E-state index in [2.05, 4.69) is 18.2 Å². The molecule has 4 nitrogen and oxygen atoms in total. The number of methoxy groups -OCH3 is 1. The standard InChI is InChI=1S/C25H26O4Si/c1-5-27-23-11-7-21-17-25(13-9-19(21)15-23)29-30(3,4)28-24-12-8-18-14-22(26-2)10-6-20(18)16-24/h6-17H,5H2,1-4H3. The maximum Gasteiger partial charge on any atom is 0.454 e. The Kier molecular flexibility index (Phi) is 5.55. The summed E-state index contributed by atoms with van der Waals surface area (Å²) >= 11 is 0. The average molecular weight is 419 g/mol. The van der Waals surface area contributed by atoms with E-state index in [1.807, 2.05) is 74.6 Å². The molecule has 0 aromatic heterocycles. The summed E-state index contributed by atoms with van der Waals surface area (Å²) in [6.07, 6.45) is 0. The maximum absolute atomic E-state index is 6.31. The van der Waals surface area contributed by atoms with E-state index in [0.29, 0.717) is 6.61 Å². The molecule has 0 saturated heterocycles. The quantitative estimate of drug-likeness (QED) is 0.319. The molecule has 0 bridgehead atoms. The number of ether oxygens (including phenoxy) is 2. The average Bonchev–Trinajstić information content (AvgIpc) is 2.73. The zero-order valence-electron chi connectivity index (χ0n) is 17.8. The van der Waals surface area contributed by atoms with Crippen molar-refractivity contribution in [3.63, 3.8) is 0 Å². The van der Waals surface area contributed by atoms with E-state index in [-0.39, 0.29) is 0 Å². The fourth-order valence-electron chi connectivity index (χ4n) is 3.50. The lowest BCUT2D eigenvalue weighted by Gasteiger charge is -2.25. The van der Waals surface area contributed by atoms with E-state index in [4.69, 9.17) is 18.3 Å². The predicted octanol–water partition coefficient (Wildman–Crippen LogP) is 6.56. The van der Waals surface area contributed by atoms with E-state index in [0.717, 1.165) is 44.5 Å². The molecule has 0 aliphatic rings. The first kappa shape index (κ1) is 20.1. The minimum Gasteiger partial charge on any atom is -0.512 e. The number of benzene rings is 4. The van der Waals surface area contributed by atoms with Gasteiger partial charge in [-0.15, -0.1) is 0 Å². The van der Waals surface area contributed by atoms with Crippen LogP contribution in [0.15, 0.2) is 72.8 Å². The molecule has 0 unspecified atom stereocenters. The monoisotopic (exact) mass is 418 g/mol. The van der Waals surface area contributed by atoms with Crippen LogP contribution in [0.4, 0.5) is 0 Å². The molecule has 30 heavy (non-hydrogen) atoms. The molecule has 4 aromatic rings. The molecule has 0 fully saturated rings. The van der Waals surface area contributed by atoms with Crippen molar-refractivity contribution in [2.45, 2.75) is 20.0 Å². The van der Waals surface area contributed by atoms with E-state index in [9.17, 15) is 0 Å². The summed E-state index contributed by atoms with van der Waals surface area (Å²) < 4.78 is 23.5. The third kappa shape index (κ3) is 4.52. The SMILES string of the molecule is CCOc1ccc2cc(O[Si](C)(C)Oc3ccc4cc(OC)ccc4c3)ccc2c1. The highest BCUT2D eigenvalue weighted by molar-refractivity contribution is 6.66. The van der Waals surface area contributed by atoms with Gasteiger partial charge in [-0.2, -0.15) is 0 Å². The van der Waals surface area contributed by atoms with Crippen LogP contribution in [0.5, 0.6) is 23.0 Å². The molecule has 4 rings (SSSR count). The zero-order valence-corrected chi connectivity index (χ0v) is 18.8. The third-order valence-electron chi connectivity index (χ3n) is 4.84. The summed E-state index contributed by atoms with van der Waals surface area (Å²) in [6.45, 7) is 6.74. The van der Waals surface area contributed by atoms with Crippen molar-refractivity contribution in [1.29, 1.82) is 0 Å². The minimum absolute atomic E-state index is 0.659. The van der Waals surface area contributed by atoms with Crippen molar-refractivity contribution in [3.8, 4) is 23.0 Å². The Morgan fingerprint density at radius 2 is 1.00 bits per heavy atom. The van der Waals surface area contributed by atoms with Crippen molar-refractivity contribution in [2.24, 2.45) is 0 Å². The van der Waals surface area contributed by atoms with Crippen molar-refractivity contribution in [3.05, 3.63) is 72.8 Å². The molecule has 0 spiro atoms. The molecular weight excluding hydrogens is 392 g/mol. The molecule has 0 atom stereocenters. The summed E-state index contributed by atoms with van der Waals surface area (Å²) in [4.78, 5) is 0. The second kappa shape index (κ2) is 8.28. The molecule has 0 aliphatic heterocycles. The normalized spacial score (nSPS) is 11.5. The first-order valence-corrected chi connectivity index (χ1v) is 12.9. The smallest absolute Gasteiger partial charge is 0.454 e. The van der Waals surface area contributed by atoms with Crippen molar-refractivity contribution < 1.29 is 18.3 Å². The largest absolute Gasteiger partial charge is 0.512 e. The molecule has 0 saturated carbocycles. The highest BCUT2D eigenvalue weighted by atomic mass is 28.4. The zero-order chi connectivity index (χ0) is 21.1. The van der Waals surface area contributed by atoms with Gasteiger partial charge in [0.15, 0.2) is 0 Å². The summed E-state index contributed by atoms with van der Waals surface area (Å²) in [5, 5.41) is 4.45. The fraction of sp³-hybridized carbons (Fsp3) is 0.200. The second-order valence-corrected chi connectivity index (χ2v) is 10.8. The summed E-state index contributed by atoms with van der Waals surface area (Å²) in [7, 11) is -0.775. The Labute approximate surface area is 178 Å². The van der Waals surface area contributed by atoms with E-state index in [1.165, 1.54) is 0 Å². The van der Waals surface area contributed by atoms with Gasteiger partial charge in [0.2, 0.25) is 0 Å². The van der Waals surface area contributed by atoms with Crippen LogP contribution in [0, 0.1) is 0 Å². The maximum atomic E-state index is 6.31. The van der Waals surface area contributed by atoms with Gasteiger partial charge >= 0.3 is 8.56 Å². The van der Waals surface area contributed by atoms with Gasteiger partial charge in [-0.25, -0.2) is 0 Å². The Morgan fingerprint density at radius 3 is 1.47 bits per heavy atom. The van der Waals surface area contributed by atoms with Crippen LogP contribution in [0.2, 0.25) is 13.1 Å². The van der Waals surface area contributed by atoms with Crippen LogP contribution in [0.25, 0.3) is 21.5 Å². The van der Waals surface area contributed by atoms with Gasteiger partial charge in [0.25, 0.3) is 0 Å². The topological polar surface area (TPSA) is 36.9 Å². The van der Waals surface area contributed by atoms with Gasteiger partial charge in [0, 0.05) is 13.1 Å². The molecule has 0 amide bonds. The van der Waals surface area contributed by atoms with E-state index < -0.39 is 8.56 Å².